The van der Waals surface area contributed by atoms with E-state index in [9.17, 15) is 19.8 Å². The third-order valence-electron chi connectivity index (χ3n) is 2.36. The van der Waals surface area contributed by atoms with Gasteiger partial charge in [0.25, 0.3) is 0 Å². The zero-order chi connectivity index (χ0) is 18.1. The van der Waals surface area contributed by atoms with Crippen LogP contribution in [0.5, 0.6) is 0 Å². The minimum Gasteiger partial charge on any atom is -0.550 e. The predicted molar refractivity (Wildman–Crippen MR) is 88.5 cm³/mol. The van der Waals surface area contributed by atoms with Crippen molar-refractivity contribution in [2.75, 3.05) is 55.4 Å². The first-order valence-corrected chi connectivity index (χ1v) is 7.07. The lowest BCUT2D eigenvalue weighted by molar-refractivity contribution is -0.873. The molecule has 0 saturated carbocycles. The van der Waals surface area contributed by atoms with Crippen LogP contribution in [-0.4, -0.2) is 98.6 Å². The van der Waals surface area contributed by atoms with Gasteiger partial charge in [0.05, 0.1) is 48.7 Å². The molecular formula is C14H33ClN3O5+. The van der Waals surface area contributed by atoms with E-state index in [2.05, 4.69) is 0 Å². The first-order valence-electron chi connectivity index (χ1n) is 7.07. The molecule has 0 spiro atoms. The molecule has 0 aromatic carbocycles. The number of halogens is 1. The first-order chi connectivity index (χ1) is 9.62. The van der Waals surface area contributed by atoms with E-state index in [1.165, 1.54) is 0 Å². The smallest absolute Gasteiger partial charge is 0.220 e. The molecule has 0 bridgehead atoms. The van der Waals surface area contributed by atoms with E-state index in [1.54, 1.807) is 0 Å². The van der Waals surface area contributed by atoms with Gasteiger partial charge < -0.3 is 34.8 Å². The van der Waals surface area contributed by atoms with Crippen LogP contribution in [0, 0.1) is 0 Å². The number of nitrogens with two attached hydrogens (primary N) is 1. The second-order valence-corrected chi connectivity index (χ2v) is 7.50. The monoisotopic (exact) mass is 358 g/mol. The molecule has 0 rings (SSSR count). The van der Waals surface area contributed by atoms with Gasteiger partial charge in [-0.05, 0) is 0 Å². The second-order valence-electron chi connectivity index (χ2n) is 7.50. The molecule has 0 heterocycles. The second kappa shape index (κ2) is 11.6. The van der Waals surface area contributed by atoms with Crippen LogP contribution >= 0.6 is 12.4 Å². The number of nitrogens with zero attached hydrogens (tertiary/aromatic N) is 2. The molecule has 0 unspecified atom stereocenters. The van der Waals surface area contributed by atoms with Crippen LogP contribution in [0.4, 0.5) is 0 Å². The van der Waals surface area contributed by atoms with Gasteiger partial charge in [-0.1, -0.05) is 0 Å². The SMILES string of the molecule is C[N+](C)(C)C[C@H](O)CC(=O)[O-].C[N+](C)(C)C[C@H](O)CC(N)=O.Cl. The summed E-state index contributed by atoms with van der Waals surface area (Å²) in [6.45, 7) is 0.969. The standard InChI is InChI=1S/C7H16N2O2.C7H15NO3.ClH/c1-9(2,3)5-6(10)4-7(8)11;1-8(2,3)5-6(9)4-7(10)11;/h6,10H,4-5H2,1-3H3,(H-,8,11);6,9H,4-5H2,1-3H3;1H/p+1/t2*6-;/m11./s1. The maximum atomic E-state index is 10.4. The van der Waals surface area contributed by atoms with Crippen LogP contribution in [0.1, 0.15) is 12.8 Å². The highest BCUT2D eigenvalue weighted by molar-refractivity contribution is 5.85. The molecular weight excluding hydrogens is 326 g/mol. The summed E-state index contributed by atoms with van der Waals surface area (Å²) < 4.78 is 1.18. The molecule has 9 heteroatoms. The van der Waals surface area contributed by atoms with Crippen molar-refractivity contribution < 1.29 is 33.9 Å². The van der Waals surface area contributed by atoms with Crippen molar-refractivity contribution in [1.29, 1.82) is 0 Å². The van der Waals surface area contributed by atoms with E-state index in [-0.39, 0.29) is 25.2 Å². The number of rotatable bonds is 8. The number of aliphatic carboxylic acids is 1. The van der Waals surface area contributed by atoms with Gasteiger partial charge in [0.15, 0.2) is 0 Å². The summed E-state index contributed by atoms with van der Waals surface area (Å²) in [5.74, 6) is -1.66. The summed E-state index contributed by atoms with van der Waals surface area (Å²) in [6, 6.07) is 0. The fourth-order valence-corrected chi connectivity index (χ4v) is 1.82. The molecule has 8 nitrogen and oxygen atoms in total. The number of amides is 1. The Bertz CT molecular complexity index is 319. The lowest BCUT2D eigenvalue weighted by Crippen LogP contribution is -2.43. The van der Waals surface area contributed by atoms with E-state index in [4.69, 9.17) is 10.8 Å². The molecule has 23 heavy (non-hydrogen) atoms. The molecule has 4 N–H and O–H groups in total. The van der Waals surface area contributed by atoms with Crippen molar-refractivity contribution in [3.8, 4) is 0 Å². The average molecular weight is 359 g/mol. The van der Waals surface area contributed by atoms with Gasteiger partial charge in [-0.2, -0.15) is 0 Å². The van der Waals surface area contributed by atoms with Gasteiger partial charge in [-0.25, -0.2) is 0 Å². The average Bonchev–Trinajstić information content (AvgIpc) is 2.07. The van der Waals surface area contributed by atoms with E-state index in [1.807, 2.05) is 42.3 Å². The molecule has 0 fully saturated rings. The molecule has 1 amide bonds. The molecule has 2 atom stereocenters. The Morgan fingerprint density at radius 1 is 0.913 bits per heavy atom. The topological polar surface area (TPSA) is 124 Å². The molecule has 0 aliphatic rings. The zero-order valence-electron chi connectivity index (χ0n) is 15.0. The van der Waals surface area contributed by atoms with Gasteiger partial charge in [0.2, 0.25) is 5.91 Å². The summed E-state index contributed by atoms with van der Waals surface area (Å²) in [5.41, 5.74) is 4.91. The molecule has 140 valence electrons. The minimum atomic E-state index is -1.20. The Morgan fingerprint density at radius 3 is 1.43 bits per heavy atom. The highest BCUT2D eigenvalue weighted by Crippen LogP contribution is 1.98. The summed E-state index contributed by atoms with van der Waals surface area (Å²) >= 11 is 0. The fourth-order valence-electron chi connectivity index (χ4n) is 1.82. The molecule has 0 saturated heterocycles. The largest absolute Gasteiger partial charge is 0.550 e. The molecule has 0 aliphatic carbocycles. The van der Waals surface area contributed by atoms with Crippen LogP contribution in [0.2, 0.25) is 0 Å². The van der Waals surface area contributed by atoms with Crippen LogP contribution in [0.3, 0.4) is 0 Å². The van der Waals surface area contributed by atoms with E-state index in [0.29, 0.717) is 22.1 Å². The van der Waals surface area contributed by atoms with Crippen LogP contribution < -0.4 is 10.8 Å². The van der Waals surface area contributed by atoms with E-state index >= 15 is 0 Å². The number of quaternary nitrogens is 2. The van der Waals surface area contributed by atoms with Crippen molar-refractivity contribution in [3.63, 3.8) is 0 Å². The first kappa shape index (κ1) is 26.9. The normalized spacial score (nSPS) is 13.9. The van der Waals surface area contributed by atoms with Crippen molar-refractivity contribution in [1.82, 2.24) is 0 Å². The number of hydrogen-bond acceptors (Lipinski definition) is 5. The van der Waals surface area contributed by atoms with Gasteiger partial charge >= 0.3 is 0 Å². The van der Waals surface area contributed by atoms with Gasteiger partial charge in [-0.15, -0.1) is 12.4 Å². The Balaban J connectivity index is -0.000000333. The quantitative estimate of drug-likeness (QED) is 0.415. The molecule has 0 radical (unpaired) electrons. The lowest BCUT2D eigenvalue weighted by Gasteiger charge is -2.26. The van der Waals surface area contributed by atoms with E-state index < -0.39 is 24.1 Å². The summed E-state index contributed by atoms with van der Waals surface area (Å²) in [7, 11) is 11.5. The number of carboxylic acid groups (broad SMARTS) is 1. The zero-order valence-corrected chi connectivity index (χ0v) is 15.8. The van der Waals surface area contributed by atoms with Gasteiger partial charge in [0.1, 0.15) is 25.3 Å². The Morgan fingerprint density at radius 2 is 1.22 bits per heavy atom. The highest BCUT2D eigenvalue weighted by Gasteiger charge is 2.17. The fraction of sp³-hybridized carbons (Fsp3) is 0.857. The molecule has 0 aromatic rings. The number of primary amides is 1. The Kier molecular flexibility index (Phi) is 13.6. The summed E-state index contributed by atoms with van der Waals surface area (Å²) in [6.07, 6.45) is -1.65. The number of carbonyl (C=O) groups excluding carboxylic acids is 2. The predicted octanol–water partition coefficient (Wildman–Crippen LogP) is -2.46. The number of aliphatic hydroxyl groups is 2. The molecule has 0 aliphatic heterocycles. The van der Waals surface area contributed by atoms with Crippen molar-refractivity contribution >= 4 is 24.3 Å². The van der Waals surface area contributed by atoms with E-state index in [0.717, 1.165) is 0 Å². The van der Waals surface area contributed by atoms with Crippen molar-refractivity contribution in [3.05, 3.63) is 0 Å². The Labute approximate surface area is 145 Å². The van der Waals surface area contributed by atoms with Crippen LogP contribution in [0.15, 0.2) is 0 Å². The number of carboxylic acids is 1. The number of aliphatic hydroxyl groups excluding tert-OH is 2. The van der Waals surface area contributed by atoms with Crippen LogP contribution in [0.25, 0.3) is 0 Å². The van der Waals surface area contributed by atoms with Crippen LogP contribution in [-0.2, 0) is 9.59 Å². The summed E-state index contributed by atoms with van der Waals surface area (Å²) in [4.78, 5) is 20.4. The number of carbonyl (C=O) groups is 2. The molecule has 0 aromatic heterocycles. The highest BCUT2D eigenvalue weighted by atomic mass is 35.5. The van der Waals surface area contributed by atoms with Crippen molar-refractivity contribution in [2.45, 2.75) is 25.0 Å². The third-order valence-corrected chi connectivity index (χ3v) is 2.36. The lowest BCUT2D eigenvalue weighted by atomic mass is 10.2. The maximum Gasteiger partial charge on any atom is 0.220 e. The Hall–Kier alpha value is -0.930. The minimum absolute atomic E-state index is 0. The summed E-state index contributed by atoms with van der Waals surface area (Å²) in [5, 5.41) is 28.4. The maximum absolute atomic E-state index is 10.4. The third kappa shape index (κ3) is 26.3. The number of likely N-dealkylation sites (N-methyl/N-ethyl adjacent to an activating group) is 2. The van der Waals surface area contributed by atoms with Crippen molar-refractivity contribution in [2.24, 2.45) is 5.73 Å². The van der Waals surface area contributed by atoms with Gasteiger partial charge in [-0.3, -0.25) is 4.79 Å². The number of hydrogen-bond donors (Lipinski definition) is 3. The van der Waals surface area contributed by atoms with Gasteiger partial charge in [0, 0.05) is 12.4 Å².